The molecule has 6 rings (SSSR count). The van der Waals surface area contributed by atoms with Gasteiger partial charge in [0.05, 0.1) is 31.0 Å². The molecule has 6 unspecified atom stereocenters. The number of fused-ring (bicyclic) bond motifs is 2. The Hall–Kier alpha value is -2.50. The summed E-state index contributed by atoms with van der Waals surface area (Å²) >= 11 is 0. The van der Waals surface area contributed by atoms with Gasteiger partial charge in [-0.3, -0.25) is 25.1 Å². The Bertz CT molecular complexity index is 1150. The van der Waals surface area contributed by atoms with E-state index in [9.17, 15) is 9.59 Å². The second-order valence-electron chi connectivity index (χ2n) is 12.5. The second-order valence-corrected chi connectivity index (χ2v) is 12.5. The average molecular weight is 567 g/mol. The summed E-state index contributed by atoms with van der Waals surface area (Å²) in [5.41, 5.74) is 0.125. The van der Waals surface area contributed by atoms with Crippen LogP contribution in [0.1, 0.15) is 39.0 Å². The summed E-state index contributed by atoms with van der Waals surface area (Å²) < 4.78 is 13.1. The molecule has 2 N–H and O–H groups in total. The lowest BCUT2D eigenvalue weighted by Crippen LogP contribution is -2.76. The molecule has 0 bridgehead atoms. The number of carbonyl (C=O) groups excluding carboxylic acids is 2. The number of nitrogens with one attached hydrogen (secondary N) is 2. The Labute approximate surface area is 244 Å². The van der Waals surface area contributed by atoms with Crippen molar-refractivity contribution in [2.75, 3.05) is 58.3 Å². The van der Waals surface area contributed by atoms with Gasteiger partial charge >= 0.3 is 0 Å². The maximum atomic E-state index is 14.5. The van der Waals surface area contributed by atoms with Crippen molar-refractivity contribution in [3.05, 3.63) is 36.9 Å². The van der Waals surface area contributed by atoms with Gasteiger partial charge in [-0.05, 0) is 63.9 Å². The molecular weight excluding hydrogens is 520 g/mol. The highest BCUT2D eigenvalue weighted by molar-refractivity contribution is 5.95. The Balaban J connectivity index is 1.25. The molecule has 224 valence electrons. The summed E-state index contributed by atoms with van der Waals surface area (Å²) in [7, 11) is 4.19. The van der Waals surface area contributed by atoms with Crippen LogP contribution in [-0.2, 0) is 14.3 Å². The number of anilines is 1. The minimum atomic E-state index is -0.892. The maximum Gasteiger partial charge on any atom is 0.246 e. The topological polar surface area (TPSA) is 89.6 Å². The highest BCUT2D eigenvalue weighted by atomic mass is 16.5. The van der Waals surface area contributed by atoms with E-state index in [1.165, 1.54) is 12.5 Å². The van der Waals surface area contributed by atoms with E-state index in [2.05, 4.69) is 45.9 Å². The van der Waals surface area contributed by atoms with Crippen molar-refractivity contribution in [2.24, 2.45) is 5.92 Å². The summed E-state index contributed by atoms with van der Waals surface area (Å²) in [6.45, 7) is 10.2. The van der Waals surface area contributed by atoms with Crippen LogP contribution < -0.4 is 20.3 Å². The third kappa shape index (κ3) is 5.29. The first-order valence-electron chi connectivity index (χ1n) is 15.4. The van der Waals surface area contributed by atoms with E-state index in [1.54, 1.807) is 0 Å². The van der Waals surface area contributed by atoms with E-state index < -0.39 is 18.0 Å². The third-order valence-electron chi connectivity index (χ3n) is 10.1. The van der Waals surface area contributed by atoms with Crippen LogP contribution in [0.3, 0.4) is 0 Å². The zero-order chi connectivity index (χ0) is 28.7. The highest BCUT2D eigenvalue weighted by Gasteiger charge is 2.57. The monoisotopic (exact) mass is 566 g/mol. The van der Waals surface area contributed by atoms with Gasteiger partial charge in [0.2, 0.25) is 5.91 Å². The number of likely N-dealkylation sites (N-methyl/N-ethyl adjacent to an activating group) is 2. The maximum absolute atomic E-state index is 14.5. The molecule has 1 saturated carbocycles. The quantitative estimate of drug-likeness (QED) is 0.499. The number of carbonyl (C=O) groups is 2. The first-order valence-corrected chi connectivity index (χ1v) is 15.4. The van der Waals surface area contributed by atoms with Crippen molar-refractivity contribution >= 4 is 17.4 Å². The number of ether oxygens (including phenoxy) is 2. The predicted octanol–water partition coefficient (Wildman–Crippen LogP) is 1.62. The number of hydrogen-bond donors (Lipinski definition) is 2. The van der Waals surface area contributed by atoms with Gasteiger partial charge in [0, 0.05) is 44.7 Å². The van der Waals surface area contributed by atoms with Crippen LogP contribution in [-0.4, -0.2) is 116 Å². The zero-order valence-corrected chi connectivity index (χ0v) is 24.8. The number of piperazine rings is 1. The van der Waals surface area contributed by atoms with Crippen molar-refractivity contribution in [1.29, 1.82) is 0 Å². The second kappa shape index (κ2) is 11.6. The van der Waals surface area contributed by atoms with Gasteiger partial charge in [-0.1, -0.05) is 25.6 Å². The van der Waals surface area contributed by atoms with E-state index >= 15 is 0 Å². The lowest BCUT2D eigenvalue weighted by molar-refractivity contribution is -0.159. The molecular formula is C31H46N6O4. The molecule has 10 nitrogen and oxygen atoms in total. The van der Waals surface area contributed by atoms with Crippen molar-refractivity contribution in [2.45, 2.75) is 75.3 Å². The molecule has 4 heterocycles. The number of benzene rings is 1. The molecule has 41 heavy (non-hydrogen) atoms. The lowest BCUT2D eigenvalue weighted by atomic mass is 9.71. The fourth-order valence-corrected chi connectivity index (χ4v) is 7.78. The van der Waals surface area contributed by atoms with Gasteiger partial charge in [-0.25, -0.2) is 0 Å². The number of amides is 1. The molecule has 0 radical (unpaired) electrons. The molecule has 7 atom stereocenters. The van der Waals surface area contributed by atoms with Gasteiger partial charge in [-0.15, -0.1) is 0 Å². The van der Waals surface area contributed by atoms with Crippen LogP contribution in [0.4, 0.5) is 5.69 Å². The summed E-state index contributed by atoms with van der Waals surface area (Å²) in [6.07, 6.45) is 5.60. The van der Waals surface area contributed by atoms with Crippen LogP contribution in [0.5, 0.6) is 5.75 Å². The van der Waals surface area contributed by atoms with E-state index in [-0.39, 0.29) is 29.8 Å². The summed E-state index contributed by atoms with van der Waals surface area (Å²) in [4.78, 5) is 35.9. The van der Waals surface area contributed by atoms with Gasteiger partial charge in [0.1, 0.15) is 5.75 Å². The molecule has 3 saturated heterocycles. The molecule has 1 aliphatic carbocycles. The minimum Gasteiger partial charge on any atom is -0.475 e. The molecule has 4 aliphatic heterocycles. The number of hydrogen-bond acceptors (Lipinski definition) is 9. The van der Waals surface area contributed by atoms with Gasteiger partial charge < -0.3 is 24.2 Å². The van der Waals surface area contributed by atoms with Crippen LogP contribution in [0.25, 0.3) is 0 Å². The lowest BCUT2D eigenvalue weighted by Gasteiger charge is -2.55. The molecule has 0 aromatic heterocycles. The SMILES string of the molecule is C=CC(=O)N1CCN(C2NC(OCC3CCCN3C)NC3C(=O)[C@@]4(CCC32)CN(C)c2ccccc2O4)CC1CC. The summed E-state index contributed by atoms with van der Waals surface area (Å²) in [6, 6.07) is 8.07. The molecule has 5 aliphatic rings. The fourth-order valence-electron chi connectivity index (χ4n) is 7.78. The molecule has 1 aromatic carbocycles. The van der Waals surface area contributed by atoms with E-state index in [4.69, 9.17) is 9.47 Å². The molecule has 10 heteroatoms. The molecule has 1 spiro atoms. The van der Waals surface area contributed by atoms with E-state index in [1.807, 2.05) is 36.2 Å². The van der Waals surface area contributed by atoms with Crippen molar-refractivity contribution in [3.8, 4) is 5.75 Å². The zero-order valence-electron chi connectivity index (χ0n) is 24.8. The first-order chi connectivity index (χ1) is 19.8. The Morgan fingerprint density at radius 1 is 1.17 bits per heavy atom. The molecule has 1 aromatic rings. The van der Waals surface area contributed by atoms with Crippen molar-refractivity contribution in [3.63, 3.8) is 0 Å². The predicted molar refractivity (Wildman–Crippen MR) is 158 cm³/mol. The van der Waals surface area contributed by atoms with Crippen LogP contribution in [0, 0.1) is 5.92 Å². The van der Waals surface area contributed by atoms with Gasteiger partial charge in [0.15, 0.2) is 17.7 Å². The fraction of sp³-hybridized carbons (Fsp3) is 0.677. The molecule has 1 amide bonds. The van der Waals surface area contributed by atoms with Crippen molar-refractivity contribution in [1.82, 2.24) is 25.3 Å². The number of Topliss-reactive ketones (excluding diaryl/α,β-unsaturated/α-hetero) is 1. The Morgan fingerprint density at radius 2 is 2.00 bits per heavy atom. The molecule has 4 fully saturated rings. The average Bonchev–Trinajstić information content (AvgIpc) is 3.41. The van der Waals surface area contributed by atoms with Gasteiger partial charge in [0.25, 0.3) is 0 Å². The smallest absolute Gasteiger partial charge is 0.246 e. The van der Waals surface area contributed by atoms with Crippen LogP contribution in [0.2, 0.25) is 0 Å². The third-order valence-corrected chi connectivity index (χ3v) is 10.1. The number of para-hydroxylation sites is 2. The standard InChI is InChI=1S/C31H46N6O4/c1-5-21-18-36(16-17-37(21)26(38)6-2)29-23-13-14-31(20-35(4)24-11-7-8-12-25(24)41-31)28(39)27(23)32-30(33-29)40-19-22-10-9-15-34(22)3/h6-8,11-12,21-23,27,29-30,32-33H,2,5,9-10,13-20H2,1,3-4H3/t21?,22?,23?,27?,29?,30?,31-/m1/s1. The summed E-state index contributed by atoms with van der Waals surface area (Å²) in [5, 5.41) is 7.33. The number of nitrogens with zero attached hydrogens (tertiary/aromatic N) is 4. The Morgan fingerprint density at radius 3 is 2.76 bits per heavy atom. The first kappa shape index (κ1) is 28.6. The highest BCUT2D eigenvalue weighted by Crippen LogP contribution is 2.44. The van der Waals surface area contributed by atoms with Gasteiger partial charge in [-0.2, -0.15) is 0 Å². The minimum absolute atomic E-state index is 0.0109. The van der Waals surface area contributed by atoms with E-state index in [0.29, 0.717) is 32.2 Å². The van der Waals surface area contributed by atoms with Crippen molar-refractivity contribution < 1.29 is 19.1 Å². The largest absolute Gasteiger partial charge is 0.475 e. The Kier molecular flexibility index (Phi) is 8.13. The van der Waals surface area contributed by atoms with Crippen LogP contribution in [0.15, 0.2) is 36.9 Å². The van der Waals surface area contributed by atoms with Crippen LogP contribution >= 0.6 is 0 Å². The number of likely N-dealkylation sites (tertiary alicyclic amines) is 1. The number of rotatable bonds is 6. The number of ketones is 1. The normalized spacial score (nSPS) is 36.1. The summed E-state index contributed by atoms with van der Waals surface area (Å²) in [5.74, 6) is 0.931. The van der Waals surface area contributed by atoms with E-state index in [0.717, 1.165) is 50.3 Å².